The zero-order valence-corrected chi connectivity index (χ0v) is 9.60. The lowest BCUT2D eigenvalue weighted by Crippen LogP contribution is -2.36. The van der Waals surface area contributed by atoms with Crippen LogP contribution in [0.4, 0.5) is 0 Å². The first-order valence-corrected chi connectivity index (χ1v) is 5.59. The summed E-state index contributed by atoms with van der Waals surface area (Å²) in [6, 6.07) is 5.15. The highest BCUT2D eigenvalue weighted by atomic mass is 16.3. The third-order valence-corrected chi connectivity index (χ3v) is 2.75. The average Bonchev–Trinajstić information content (AvgIpc) is 2.82. The highest BCUT2D eigenvalue weighted by Gasteiger charge is 2.11. The average molecular weight is 233 g/mol. The van der Waals surface area contributed by atoms with Crippen molar-refractivity contribution in [3.05, 3.63) is 30.0 Å². The number of aliphatic hydroxyl groups is 1. The van der Waals surface area contributed by atoms with Gasteiger partial charge >= 0.3 is 0 Å². The van der Waals surface area contributed by atoms with E-state index in [1.807, 2.05) is 13.0 Å². The fourth-order valence-corrected chi connectivity index (χ4v) is 1.62. The molecule has 0 spiro atoms. The third-order valence-electron chi connectivity index (χ3n) is 2.75. The normalized spacial score (nSPS) is 12.6. The molecule has 0 aliphatic rings. The van der Waals surface area contributed by atoms with Crippen LogP contribution in [-0.4, -0.2) is 33.9 Å². The molecular formula is C12H15N3O2. The van der Waals surface area contributed by atoms with Gasteiger partial charge in [-0.2, -0.15) is 5.10 Å². The first-order chi connectivity index (χ1) is 8.24. The Hall–Kier alpha value is -1.88. The maximum atomic E-state index is 11.9. The third kappa shape index (κ3) is 2.45. The molecule has 0 bridgehead atoms. The van der Waals surface area contributed by atoms with Crippen molar-refractivity contribution in [2.75, 3.05) is 6.61 Å². The van der Waals surface area contributed by atoms with Crippen molar-refractivity contribution in [3.63, 3.8) is 0 Å². The predicted octanol–water partition coefficient (Wildman–Crippen LogP) is 1.06. The maximum absolute atomic E-state index is 11.9. The van der Waals surface area contributed by atoms with Gasteiger partial charge in [0.1, 0.15) is 0 Å². The summed E-state index contributed by atoms with van der Waals surface area (Å²) >= 11 is 0. The zero-order chi connectivity index (χ0) is 12.3. The van der Waals surface area contributed by atoms with Gasteiger partial charge in [0.15, 0.2) is 0 Å². The number of benzene rings is 1. The van der Waals surface area contributed by atoms with Crippen molar-refractivity contribution in [3.8, 4) is 0 Å². The van der Waals surface area contributed by atoms with Crippen LogP contribution in [0.2, 0.25) is 0 Å². The van der Waals surface area contributed by atoms with Gasteiger partial charge in [-0.3, -0.25) is 9.89 Å². The molecule has 1 amide bonds. The highest BCUT2D eigenvalue weighted by Crippen LogP contribution is 2.12. The van der Waals surface area contributed by atoms with Crippen molar-refractivity contribution in [2.24, 2.45) is 0 Å². The fraction of sp³-hybridized carbons (Fsp3) is 0.333. The minimum Gasteiger partial charge on any atom is -0.394 e. The Balaban J connectivity index is 2.18. The van der Waals surface area contributed by atoms with Gasteiger partial charge in [0.2, 0.25) is 0 Å². The van der Waals surface area contributed by atoms with E-state index in [1.54, 1.807) is 18.3 Å². The highest BCUT2D eigenvalue weighted by molar-refractivity contribution is 5.97. The van der Waals surface area contributed by atoms with Gasteiger partial charge in [0.25, 0.3) is 5.91 Å². The molecule has 1 atom stereocenters. The summed E-state index contributed by atoms with van der Waals surface area (Å²) in [5, 5.41) is 19.5. The minimum absolute atomic E-state index is 0.0471. The lowest BCUT2D eigenvalue weighted by molar-refractivity contribution is 0.0915. The van der Waals surface area contributed by atoms with Crippen LogP contribution in [0.1, 0.15) is 23.7 Å². The minimum atomic E-state index is -0.194. The predicted molar refractivity (Wildman–Crippen MR) is 64.7 cm³/mol. The largest absolute Gasteiger partial charge is 0.394 e. The van der Waals surface area contributed by atoms with Gasteiger partial charge in [-0.25, -0.2) is 0 Å². The molecule has 5 heteroatoms. The van der Waals surface area contributed by atoms with Crippen LogP contribution >= 0.6 is 0 Å². The number of carbonyl (C=O) groups is 1. The van der Waals surface area contributed by atoms with Crippen molar-refractivity contribution in [1.29, 1.82) is 0 Å². The van der Waals surface area contributed by atoms with Gasteiger partial charge < -0.3 is 10.4 Å². The smallest absolute Gasteiger partial charge is 0.251 e. The van der Waals surface area contributed by atoms with E-state index >= 15 is 0 Å². The standard InChI is InChI=1S/C12H15N3O2/c1-2-10(7-16)14-12(17)8-3-4-9-6-13-15-11(9)5-8/h3-6,10,16H,2,7H2,1H3,(H,13,15)(H,14,17). The number of hydrogen-bond donors (Lipinski definition) is 3. The van der Waals surface area contributed by atoms with Crippen molar-refractivity contribution >= 4 is 16.8 Å². The van der Waals surface area contributed by atoms with Crippen LogP contribution in [0.5, 0.6) is 0 Å². The van der Waals surface area contributed by atoms with Gasteiger partial charge in [-0.1, -0.05) is 13.0 Å². The second-order valence-corrected chi connectivity index (χ2v) is 3.93. The molecule has 0 fully saturated rings. The number of fused-ring (bicyclic) bond motifs is 1. The number of H-pyrrole nitrogens is 1. The van der Waals surface area contributed by atoms with E-state index in [0.717, 1.165) is 10.9 Å². The van der Waals surface area contributed by atoms with E-state index < -0.39 is 0 Å². The number of rotatable bonds is 4. The summed E-state index contributed by atoms with van der Waals surface area (Å²) < 4.78 is 0. The molecule has 1 aromatic heterocycles. The fourth-order valence-electron chi connectivity index (χ4n) is 1.62. The van der Waals surface area contributed by atoms with Crippen LogP contribution in [0.3, 0.4) is 0 Å². The Morgan fingerprint density at radius 3 is 3.12 bits per heavy atom. The molecule has 0 saturated carbocycles. The molecule has 2 rings (SSSR count). The van der Waals surface area contributed by atoms with Crippen LogP contribution in [0, 0.1) is 0 Å². The molecule has 0 aliphatic heterocycles. The van der Waals surface area contributed by atoms with Gasteiger partial charge in [-0.15, -0.1) is 0 Å². The number of aromatic amines is 1. The number of nitrogens with one attached hydrogen (secondary N) is 2. The Kier molecular flexibility index (Phi) is 3.39. The molecule has 17 heavy (non-hydrogen) atoms. The van der Waals surface area contributed by atoms with E-state index in [1.165, 1.54) is 0 Å². The second kappa shape index (κ2) is 4.97. The number of aliphatic hydroxyl groups excluding tert-OH is 1. The van der Waals surface area contributed by atoms with Gasteiger partial charge in [-0.05, 0) is 18.6 Å². The van der Waals surface area contributed by atoms with Crippen LogP contribution in [-0.2, 0) is 0 Å². The van der Waals surface area contributed by atoms with Crippen LogP contribution in [0.15, 0.2) is 24.4 Å². The molecule has 1 heterocycles. The summed E-state index contributed by atoms with van der Waals surface area (Å²) in [5.41, 5.74) is 1.39. The Morgan fingerprint density at radius 2 is 2.41 bits per heavy atom. The first kappa shape index (κ1) is 11.6. The van der Waals surface area contributed by atoms with Crippen LogP contribution < -0.4 is 5.32 Å². The lowest BCUT2D eigenvalue weighted by Gasteiger charge is -2.13. The lowest BCUT2D eigenvalue weighted by atomic mass is 10.1. The van der Waals surface area contributed by atoms with Crippen molar-refractivity contribution in [2.45, 2.75) is 19.4 Å². The van der Waals surface area contributed by atoms with Crippen molar-refractivity contribution < 1.29 is 9.90 Å². The number of nitrogens with zero attached hydrogens (tertiary/aromatic N) is 1. The zero-order valence-electron chi connectivity index (χ0n) is 9.60. The van der Waals surface area contributed by atoms with E-state index in [9.17, 15) is 4.79 Å². The Bertz CT molecular complexity index is 517. The van der Waals surface area contributed by atoms with Gasteiger partial charge in [0, 0.05) is 10.9 Å². The molecule has 2 aromatic rings. The van der Waals surface area contributed by atoms with Crippen LogP contribution in [0.25, 0.3) is 10.9 Å². The molecule has 3 N–H and O–H groups in total. The number of aromatic nitrogens is 2. The molecule has 0 radical (unpaired) electrons. The molecule has 0 saturated heterocycles. The quantitative estimate of drug-likeness (QED) is 0.739. The SMILES string of the molecule is CCC(CO)NC(=O)c1ccc2cn[nH]c2c1. The molecule has 0 aliphatic carbocycles. The Morgan fingerprint density at radius 1 is 1.59 bits per heavy atom. The van der Waals surface area contributed by atoms with Crippen molar-refractivity contribution in [1.82, 2.24) is 15.5 Å². The number of hydrogen-bond acceptors (Lipinski definition) is 3. The number of amides is 1. The van der Waals surface area contributed by atoms with E-state index in [2.05, 4.69) is 15.5 Å². The number of carbonyl (C=O) groups excluding carboxylic acids is 1. The molecule has 90 valence electrons. The maximum Gasteiger partial charge on any atom is 0.251 e. The van der Waals surface area contributed by atoms with E-state index in [4.69, 9.17) is 5.11 Å². The van der Waals surface area contributed by atoms with E-state index in [-0.39, 0.29) is 18.6 Å². The first-order valence-electron chi connectivity index (χ1n) is 5.59. The molecule has 1 unspecified atom stereocenters. The van der Waals surface area contributed by atoms with Gasteiger partial charge in [0.05, 0.1) is 24.4 Å². The van der Waals surface area contributed by atoms with E-state index in [0.29, 0.717) is 12.0 Å². The molecular weight excluding hydrogens is 218 g/mol. The topological polar surface area (TPSA) is 78.0 Å². The summed E-state index contributed by atoms with van der Waals surface area (Å²) in [6.07, 6.45) is 2.41. The summed E-state index contributed by atoms with van der Waals surface area (Å²) in [4.78, 5) is 11.9. The summed E-state index contributed by atoms with van der Waals surface area (Å²) in [5.74, 6) is -0.178. The second-order valence-electron chi connectivity index (χ2n) is 3.93. The summed E-state index contributed by atoms with van der Waals surface area (Å²) in [6.45, 7) is 1.87. The Labute approximate surface area is 98.8 Å². The molecule has 1 aromatic carbocycles. The monoisotopic (exact) mass is 233 g/mol. The molecule has 5 nitrogen and oxygen atoms in total. The summed E-state index contributed by atoms with van der Waals surface area (Å²) in [7, 11) is 0.